The van der Waals surface area contributed by atoms with E-state index in [0.29, 0.717) is 30.2 Å². The topological polar surface area (TPSA) is 70.6 Å². The fourth-order valence-electron chi connectivity index (χ4n) is 3.22. The van der Waals surface area contributed by atoms with Gasteiger partial charge in [-0.25, -0.2) is 13.4 Å². The number of sulfone groups is 1. The van der Waals surface area contributed by atoms with Crippen LogP contribution in [-0.2, 0) is 9.84 Å². The Balaban J connectivity index is 1.70. The Morgan fingerprint density at radius 1 is 1.07 bits per heavy atom. The molecule has 1 aromatic carbocycles. The van der Waals surface area contributed by atoms with E-state index in [-0.39, 0.29) is 10.9 Å². The number of carbonyl (C=O) groups is 1. The lowest BCUT2D eigenvalue weighted by atomic mass is 10.2. The van der Waals surface area contributed by atoms with Gasteiger partial charge in [0.05, 0.1) is 16.6 Å². The van der Waals surface area contributed by atoms with Gasteiger partial charge in [-0.05, 0) is 57.5 Å². The highest BCUT2D eigenvalue weighted by Crippen LogP contribution is 2.25. The van der Waals surface area contributed by atoms with Gasteiger partial charge in [0.2, 0.25) is 0 Å². The van der Waals surface area contributed by atoms with Crippen molar-refractivity contribution >= 4 is 33.0 Å². The van der Waals surface area contributed by atoms with Crippen LogP contribution in [0.15, 0.2) is 47.6 Å². The van der Waals surface area contributed by atoms with Crippen molar-refractivity contribution in [2.24, 2.45) is 0 Å². The van der Waals surface area contributed by atoms with Crippen LogP contribution in [0.5, 0.6) is 0 Å². The summed E-state index contributed by atoms with van der Waals surface area (Å²) in [6.07, 6.45) is 2.42. The van der Waals surface area contributed by atoms with E-state index >= 15 is 0 Å². The largest absolute Gasteiger partial charge is 0.368 e. The second kappa shape index (κ2) is 8.32. The summed E-state index contributed by atoms with van der Waals surface area (Å²) in [6, 6.07) is 10.3. The van der Waals surface area contributed by atoms with Gasteiger partial charge in [-0.15, -0.1) is 0 Å². The molecule has 0 spiro atoms. The zero-order valence-corrected chi connectivity index (χ0v) is 18.5. The number of halogens is 1. The van der Waals surface area contributed by atoms with E-state index in [1.165, 1.54) is 0 Å². The lowest BCUT2D eigenvalue weighted by Crippen LogP contribution is -2.35. The number of benzene rings is 1. The SMILES string of the molecule is CC(C)(C)S(=O)(=O)c1ccc(N2CCCN(C(=O)c3cccc(Cl)c3)CC2)cn1. The fraction of sp³-hybridized carbons (Fsp3) is 0.429. The van der Waals surface area contributed by atoms with Crippen LogP contribution in [0.4, 0.5) is 5.69 Å². The van der Waals surface area contributed by atoms with Gasteiger partial charge in [-0.1, -0.05) is 17.7 Å². The maximum atomic E-state index is 12.8. The van der Waals surface area contributed by atoms with Crippen molar-refractivity contribution in [1.82, 2.24) is 9.88 Å². The first kappa shape index (κ1) is 21.6. The molecule has 0 N–H and O–H groups in total. The maximum absolute atomic E-state index is 12.8. The number of hydrogen-bond donors (Lipinski definition) is 0. The van der Waals surface area contributed by atoms with Crippen molar-refractivity contribution in [3.8, 4) is 0 Å². The van der Waals surface area contributed by atoms with Crippen molar-refractivity contribution < 1.29 is 13.2 Å². The minimum absolute atomic E-state index is 0.0286. The van der Waals surface area contributed by atoms with Crippen LogP contribution in [0.3, 0.4) is 0 Å². The second-order valence-electron chi connectivity index (χ2n) is 8.11. The van der Waals surface area contributed by atoms with E-state index < -0.39 is 14.6 Å². The normalized spacial score (nSPS) is 15.9. The van der Waals surface area contributed by atoms with Gasteiger partial charge in [0, 0.05) is 36.8 Å². The Bertz CT molecular complexity index is 985. The van der Waals surface area contributed by atoms with Gasteiger partial charge < -0.3 is 9.80 Å². The highest BCUT2D eigenvalue weighted by atomic mass is 35.5. The number of pyridine rings is 1. The van der Waals surface area contributed by atoms with Crippen molar-refractivity contribution in [3.63, 3.8) is 0 Å². The number of hydrogen-bond acceptors (Lipinski definition) is 5. The minimum Gasteiger partial charge on any atom is -0.368 e. The Kier molecular flexibility index (Phi) is 6.19. The molecule has 0 radical (unpaired) electrons. The van der Waals surface area contributed by atoms with Crippen LogP contribution >= 0.6 is 11.6 Å². The molecule has 0 bridgehead atoms. The van der Waals surface area contributed by atoms with Gasteiger partial charge in [0.1, 0.15) is 0 Å². The van der Waals surface area contributed by atoms with Crippen LogP contribution < -0.4 is 4.90 Å². The van der Waals surface area contributed by atoms with Crippen LogP contribution in [0.1, 0.15) is 37.6 Å². The molecule has 8 heteroatoms. The summed E-state index contributed by atoms with van der Waals surface area (Å²) in [5.74, 6) is -0.0286. The predicted octanol–water partition coefficient (Wildman–Crippen LogP) is 3.66. The van der Waals surface area contributed by atoms with Crippen LogP contribution in [-0.4, -0.2) is 55.1 Å². The maximum Gasteiger partial charge on any atom is 0.253 e. The average Bonchev–Trinajstić information content (AvgIpc) is 2.93. The molecule has 0 aliphatic carbocycles. The number of amides is 1. The molecule has 3 rings (SSSR count). The summed E-state index contributed by atoms with van der Waals surface area (Å²) in [6.45, 7) is 7.65. The minimum atomic E-state index is -3.48. The summed E-state index contributed by atoms with van der Waals surface area (Å²) in [5, 5.41) is 0.630. The number of nitrogens with zero attached hydrogens (tertiary/aromatic N) is 3. The average molecular weight is 436 g/mol. The quantitative estimate of drug-likeness (QED) is 0.735. The van der Waals surface area contributed by atoms with E-state index in [4.69, 9.17) is 11.6 Å². The molecule has 1 fully saturated rings. The highest BCUT2D eigenvalue weighted by molar-refractivity contribution is 7.92. The fourth-order valence-corrected chi connectivity index (χ4v) is 4.47. The summed E-state index contributed by atoms with van der Waals surface area (Å²) in [7, 11) is -3.48. The molecular formula is C21H26ClN3O3S. The van der Waals surface area contributed by atoms with Crippen molar-refractivity contribution in [2.75, 3.05) is 31.1 Å². The molecule has 1 aliphatic rings. The Hall–Kier alpha value is -2.12. The van der Waals surface area contributed by atoms with Crippen molar-refractivity contribution in [3.05, 3.63) is 53.2 Å². The van der Waals surface area contributed by atoms with Gasteiger partial charge in [0.15, 0.2) is 14.9 Å². The van der Waals surface area contributed by atoms with E-state index in [2.05, 4.69) is 9.88 Å². The molecule has 0 unspecified atom stereocenters. The zero-order chi connectivity index (χ0) is 21.2. The van der Waals surface area contributed by atoms with Crippen molar-refractivity contribution in [2.45, 2.75) is 37.0 Å². The summed E-state index contributed by atoms with van der Waals surface area (Å²) in [5.41, 5.74) is 1.44. The standard InChI is InChI=1S/C21H26ClN3O3S/c1-21(2,3)29(27,28)19-9-8-18(15-23-19)24-10-5-11-25(13-12-24)20(26)16-6-4-7-17(22)14-16/h4,6-9,14-15H,5,10-13H2,1-3H3. The van der Waals surface area contributed by atoms with E-state index in [0.717, 1.165) is 18.7 Å². The molecule has 29 heavy (non-hydrogen) atoms. The predicted molar refractivity (Wildman–Crippen MR) is 115 cm³/mol. The van der Waals surface area contributed by atoms with E-state index in [9.17, 15) is 13.2 Å². The summed E-state index contributed by atoms with van der Waals surface area (Å²) >= 11 is 6.01. The zero-order valence-electron chi connectivity index (χ0n) is 16.9. The first-order valence-electron chi connectivity index (χ1n) is 9.60. The number of rotatable bonds is 3. The van der Waals surface area contributed by atoms with E-state index in [1.807, 2.05) is 4.90 Å². The van der Waals surface area contributed by atoms with Crippen LogP contribution in [0, 0.1) is 0 Å². The molecule has 2 heterocycles. The Labute approximate surface area is 177 Å². The number of anilines is 1. The molecule has 1 saturated heterocycles. The van der Waals surface area contributed by atoms with Gasteiger partial charge in [0.25, 0.3) is 5.91 Å². The smallest absolute Gasteiger partial charge is 0.253 e. The lowest BCUT2D eigenvalue weighted by Gasteiger charge is -2.24. The van der Waals surface area contributed by atoms with Crippen LogP contribution in [0.25, 0.3) is 0 Å². The van der Waals surface area contributed by atoms with Gasteiger partial charge >= 0.3 is 0 Å². The third-order valence-electron chi connectivity index (χ3n) is 5.02. The molecule has 6 nitrogen and oxygen atoms in total. The first-order chi connectivity index (χ1) is 13.6. The van der Waals surface area contributed by atoms with Crippen molar-refractivity contribution in [1.29, 1.82) is 0 Å². The summed E-state index contributed by atoms with van der Waals surface area (Å²) < 4.78 is 24.2. The summed E-state index contributed by atoms with van der Waals surface area (Å²) in [4.78, 5) is 20.9. The van der Waals surface area contributed by atoms with Gasteiger partial charge in [-0.2, -0.15) is 0 Å². The molecule has 1 aliphatic heterocycles. The third kappa shape index (κ3) is 4.73. The number of aromatic nitrogens is 1. The third-order valence-corrected chi connectivity index (χ3v) is 7.66. The molecule has 1 aromatic heterocycles. The van der Waals surface area contributed by atoms with Gasteiger partial charge in [-0.3, -0.25) is 4.79 Å². The molecule has 0 saturated carbocycles. The molecular weight excluding hydrogens is 410 g/mol. The Morgan fingerprint density at radius 2 is 1.83 bits per heavy atom. The molecule has 1 amide bonds. The second-order valence-corrected chi connectivity index (χ2v) is 11.2. The highest BCUT2D eigenvalue weighted by Gasteiger charge is 2.32. The first-order valence-corrected chi connectivity index (χ1v) is 11.5. The van der Waals surface area contributed by atoms with Crippen LogP contribution in [0.2, 0.25) is 5.02 Å². The monoisotopic (exact) mass is 435 g/mol. The number of carbonyl (C=O) groups excluding carboxylic acids is 1. The molecule has 0 atom stereocenters. The lowest BCUT2D eigenvalue weighted by molar-refractivity contribution is 0.0767. The molecule has 156 valence electrons. The van der Waals surface area contributed by atoms with E-state index in [1.54, 1.807) is 63.4 Å². The Morgan fingerprint density at radius 3 is 2.45 bits per heavy atom. The molecule has 2 aromatic rings.